The van der Waals surface area contributed by atoms with Gasteiger partial charge in [-0.1, -0.05) is 18.2 Å². The van der Waals surface area contributed by atoms with E-state index < -0.39 is 0 Å². The van der Waals surface area contributed by atoms with Gasteiger partial charge >= 0.3 is 0 Å². The number of nitrogens with one attached hydrogen (secondary N) is 1. The van der Waals surface area contributed by atoms with Gasteiger partial charge in [-0.15, -0.1) is 0 Å². The van der Waals surface area contributed by atoms with Crippen LogP contribution >= 0.6 is 12.2 Å². The summed E-state index contributed by atoms with van der Waals surface area (Å²) in [6.07, 6.45) is 3.60. The molecule has 0 unspecified atom stereocenters. The number of para-hydroxylation sites is 1. The normalized spacial score (nSPS) is 10.3. The van der Waals surface area contributed by atoms with E-state index in [0.29, 0.717) is 36.3 Å². The Morgan fingerprint density at radius 2 is 1.81 bits per heavy atom. The Kier molecular flexibility index (Phi) is 8.06. The van der Waals surface area contributed by atoms with Gasteiger partial charge < -0.3 is 24.4 Å². The highest BCUT2D eigenvalue weighted by Crippen LogP contribution is 2.32. The molecule has 0 spiro atoms. The summed E-state index contributed by atoms with van der Waals surface area (Å²) >= 11 is 5.77. The number of benzene rings is 2. The van der Waals surface area contributed by atoms with Crippen molar-refractivity contribution in [1.82, 2.24) is 9.88 Å². The van der Waals surface area contributed by atoms with Crippen LogP contribution in [-0.2, 0) is 13.1 Å². The van der Waals surface area contributed by atoms with Gasteiger partial charge in [-0.05, 0) is 61.1 Å². The van der Waals surface area contributed by atoms with Crippen molar-refractivity contribution in [3.63, 3.8) is 0 Å². The van der Waals surface area contributed by atoms with E-state index in [4.69, 9.17) is 26.4 Å². The third-order valence-electron chi connectivity index (χ3n) is 4.65. The van der Waals surface area contributed by atoms with Gasteiger partial charge in [0, 0.05) is 36.7 Å². The summed E-state index contributed by atoms with van der Waals surface area (Å²) < 4.78 is 16.6. The maximum atomic E-state index is 5.77. The number of aromatic nitrogens is 1. The van der Waals surface area contributed by atoms with Gasteiger partial charge in [0.2, 0.25) is 0 Å². The molecule has 2 aromatic carbocycles. The molecule has 31 heavy (non-hydrogen) atoms. The zero-order chi connectivity index (χ0) is 22.1. The molecule has 0 bridgehead atoms. The number of nitrogens with zero attached hydrogens (tertiary/aromatic N) is 2. The van der Waals surface area contributed by atoms with Crippen molar-refractivity contribution in [2.45, 2.75) is 20.0 Å². The molecule has 1 heterocycles. The summed E-state index contributed by atoms with van der Waals surface area (Å²) in [7, 11) is 3.27. The number of hydrogen-bond donors (Lipinski definition) is 1. The van der Waals surface area contributed by atoms with Crippen LogP contribution in [0.5, 0.6) is 17.2 Å². The van der Waals surface area contributed by atoms with Crippen LogP contribution in [0.3, 0.4) is 0 Å². The minimum Gasteiger partial charge on any atom is -0.494 e. The Bertz CT molecular complexity index is 981. The molecule has 0 aliphatic carbocycles. The van der Waals surface area contributed by atoms with Gasteiger partial charge in [0.15, 0.2) is 16.6 Å². The predicted molar refractivity (Wildman–Crippen MR) is 127 cm³/mol. The SMILES string of the molecule is CCOc1ccc(NC(=S)N(Cc2cccnc2)Cc2cccc(OC)c2OC)cc1. The molecule has 1 N–H and O–H groups in total. The van der Waals surface area contributed by atoms with E-state index in [1.165, 1.54) is 0 Å². The number of rotatable bonds is 9. The Balaban J connectivity index is 1.83. The smallest absolute Gasteiger partial charge is 0.174 e. The quantitative estimate of drug-likeness (QED) is 0.478. The van der Waals surface area contributed by atoms with Gasteiger partial charge in [0.25, 0.3) is 0 Å². The lowest BCUT2D eigenvalue weighted by atomic mass is 10.1. The zero-order valence-corrected chi connectivity index (χ0v) is 18.8. The van der Waals surface area contributed by atoms with Crippen LogP contribution in [0.2, 0.25) is 0 Å². The molecule has 3 rings (SSSR count). The summed E-state index contributed by atoms with van der Waals surface area (Å²) in [6, 6.07) is 17.5. The molecule has 0 radical (unpaired) electrons. The third kappa shape index (κ3) is 6.08. The lowest BCUT2D eigenvalue weighted by Crippen LogP contribution is -2.34. The third-order valence-corrected chi connectivity index (χ3v) is 5.01. The van der Waals surface area contributed by atoms with Crippen LogP contribution < -0.4 is 19.5 Å². The topological polar surface area (TPSA) is 55.9 Å². The number of pyridine rings is 1. The molecule has 0 atom stereocenters. The maximum absolute atomic E-state index is 5.77. The maximum Gasteiger partial charge on any atom is 0.174 e. The van der Waals surface area contributed by atoms with Crippen LogP contribution in [0.1, 0.15) is 18.1 Å². The molecule has 7 heteroatoms. The van der Waals surface area contributed by atoms with E-state index in [-0.39, 0.29) is 0 Å². The van der Waals surface area contributed by atoms with Crippen molar-refractivity contribution < 1.29 is 14.2 Å². The van der Waals surface area contributed by atoms with Gasteiger partial charge in [-0.25, -0.2) is 0 Å². The van der Waals surface area contributed by atoms with Crippen LogP contribution in [0.4, 0.5) is 5.69 Å². The predicted octanol–water partition coefficient (Wildman–Crippen LogP) is 4.90. The van der Waals surface area contributed by atoms with Crippen molar-refractivity contribution in [1.29, 1.82) is 0 Å². The molecule has 162 valence electrons. The second-order valence-corrected chi connectivity index (χ2v) is 7.14. The highest BCUT2D eigenvalue weighted by Gasteiger charge is 2.17. The molecular formula is C24H27N3O3S. The molecule has 0 aliphatic heterocycles. The molecule has 3 aromatic rings. The zero-order valence-electron chi connectivity index (χ0n) is 18.0. The fourth-order valence-corrected chi connectivity index (χ4v) is 3.45. The number of anilines is 1. The molecule has 0 saturated heterocycles. The average molecular weight is 438 g/mol. The summed E-state index contributed by atoms with van der Waals surface area (Å²) in [5, 5.41) is 3.92. The second-order valence-electron chi connectivity index (χ2n) is 6.76. The first-order chi connectivity index (χ1) is 15.1. The minimum absolute atomic E-state index is 0.540. The number of hydrogen-bond acceptors (Lipinski definition) is 5. The Morgan fingerprint density at radius 1 is 1.00 bits per heavy atom. The fourth-order valence-electron chi connectivity index (χ4n) is 3.20. The molecule has 1 aromatic heterocycles. The summed E-state index contributed by atoms with van der Waals surface area (Å²) in [5.41, 5.74) is 2.92. The fraction of sp³-hybridized carbons (Fsp3) is 0.250. The minimum atomic E-state index is 0.540. The summed E-state index contributed by atoms with van der Waals surface area (Å²) in [6.45, 7) is 3.73. The van der Waals surface area contributed by atoms with Gasteiger partial charge in [-0.2, -0.15) is 0 Å². The largest absolute Gasteiger partial charge is 0.494 e. The first kappa shape index (κ1) is 22.4. The van der Waals surface area contributed by atoms with E-state index in [1.807, 2.05) is 67.7 Å². The van der Waals surface area contributed by atoms with Gasteiger partial charge in [0.1, 0.15) is 5.75 Å². The number of ether oxygens (including phenoxy) is 3. The standard InChI is InChI=1S/C24H27N3O3S/c1-4-30-21-12-10-20(11-13-21)26-24(31)27(16-18-7-6-14-25-15-18)17-19-8-5-9-22(28-2)23(19)29-3/h5-15H,4,16-17H2,1-3H3,(H,26,31). The first-order valence-corrected chi connectivity index (χ1v) is 10.4. The molecule has 0 aliphatic rings. The van der Waals surface area contributed by atoms with E-state index in [2.05, 4.69) is 15.2 Å². The van der Waals surface area contributed by atoms with Crippen molar-refractivity contribution in [2.75, 3.05) is 26.1 Å². The van der Waals surface area contributed by atoms with E-state index in [9.17, 15) is 0 Å². The van der Waals surface area contributed by atoms with Gasteiger partial charge in [0.05, 0.1) is 20.8 Å². The number of thiocarbonyl (C=S) groups is 1. The van der Waals surface area contributed by atoms with Crippen LogP contribution in [-0.4, -0.2) is 35.8 Å². The van der Waals surface area contributed by atoms with Gasteiger partial charge in [-0.3, -0.25) is 4.98 Å². The molecule has 0 saturated carbocycles. The first-order valence-electron chi connectivity index (χ1n) is 10.0. The number of methoxy groups -OCH3 is 2. The Labute approximate surface area is 188 Å². The van der Waals surface area contributed by atoms with Crippen molar-refractivity contribution in [3.8, 4) is 17.2 Å². The highest BCUT2D eigenvalue weighted by molar-refractivity contribution is 7.80. The molecule has 0 fully saturated rings. The van der Waals surface area contributed by atoms with Crippen LogP contribution in [0, 0.1) is 0 Å². The second kappa shape index (κ2) is 11.2. The summed E-state index contributed by atoms with van der Waals surface area (Å²) in [5.74, 6) is 2.21. The van der Waals surface area contributed by atoms with Crippen molar-refractivity contribution >= 4 is 23.0 Å². The van der Waals surface area contributed by atoms with Crippen LogP contribution in [0.15, 0.2) is 67.0 Å². The molecular weight excluding hydrogens is 410 g/mol. The average Bonchev–Trinajstić information content (AvgIpc) is 2.80. The Morgan fingerprint density at radius 3 is 2.45 bits per heavy atom. The lowest BCUT2D eigenvalue weighted by Gasteiger charge is -2.27. The van der Waals surface area contributed by atoms with Crippen molar-refractivity contribution in [2.24, 2.45) is 0 Å². The highest BCUT2D eigenvalue weighted by atomic mass is 32.1. The monoisotopic (exact) mass is 437 g/mol. The van der Waals surface area contributed by atoms with Crippen molar-refractivity contribution in [3.05, 3.63) is 78.1 Å². The summed E-state index contributed by atoms with van der Waals surface area (Å²) in [4.78, 5) is 6.30. The van der Waals surface area contributed by atoms with E-state index in [1.54, 1.807) is 20.4 Å². The lowest BCUT2D eigenvalue weighted by molar-refractivity contribution is 0.340. The van der Waals surface area contributed by atoms with E-state index >= 15 is 0 Å². The Hall–Kier alpha value is -3.32. The van der Waals surface area contributed by atoms with Crippen LogP contribution in [0.25, 0.3) is 0 Å². The molecule has 6 nitrogen and oxygen atoms in total. The molecule has 0 amide bonds. The van der Waals surface area contributed by atoms with E-state index in [0.717, 1.165) is 22.6 Å².